The van der Waals surface area contributed by atoms with Crippen molar-refractivity contribution in [2.45, 2.75) is 6.10 Å². The van der Waals surface area contributed by atoms with E-state index in [0.717, 1.165) is 19.7 Å². The third kappa shape index (κ3) is 1.43. The third-order valence-corrected chi connectivity index (χ3v) is 1.37. The van der Waals surface area contributed by atoms with Gasteiger partial charge in [-0.15, -0.1) is 0 Å². The summed E-state index contributed by atoms with van der Waals surface area (Å²) in [6.45, 7) is 3.66. The first-order valence-corrected chi connectivity index (χ1v) is 3.07. The highest BCUT2D eigenvalue weighted by molar-refractivity contribution is 4.56. The highest BCUT2D eigenvalue weighted by atomic mass is 16.5. The molecule has 1 saturated heterocycles. The normalized spacial score (nSPS) is 30.4. The second-order valence-electron chi connectivity index (χ2n) is 2.04. The van der Waals surface area contributed by atoms with Crippen molar-refractivity contribution in [3.05, 3.63) is 0 Å². The summed E-state index contributed by atoms with van der Waals surface area (Å²) in [6.07, 6.45) is 0.309. The van der Waals surface area contributed by atoms with E-state index in [1.54, 1.807) is 0 Å². The van der Waals surface area contributed by atoms with Crippen molar-refractivity contribution in [2.24, 2.45) is 5.73 Å². The zero-order valence-corrected chi connectivity index (χ0v) is 4.97. The average molecular weight is 117 g/mol. The van der Waals surface area contributed by atoms with Gasteiger partial charge in [-0.3, -0.25) is 0 Å². The fraction of sp³-hybridized carbons (Fsp3) is 1.00. The SMILES string of the molecule is NCC1C[NH2+]CCO1. The number of nitrogens with two attached hydrogens (primary N) is 2. The van der Waals surface area contributed by atoms with Crippen LogP contribution in [0.4, 0.5) is 0 Å². The molecule has 0 bridgehead atoms. The van der Waals surface area contributed by atoms with E-state index in [9.17, 15) is 0 Å². The zero-order chi connectivity index (χ0) is 5.82. The zero-order valence-electron chi connectivity index (χ0n) is 4.97. The summed E-state index contributed by atoms with van der Waals surface area (Å²) in [5, 5.41) is 2.24. The van der Waals surface area contributed by atoms with Crippen molar-refractivity contribution >= 4 is 0 Å². The Labute approximate surface area is 49.2 Å². The van der Waals surface area contributed by atoms with Crippen LogP contribution >= 0.6 is 0 Å². The van der Waals surface area contributed by atoms with Crippen molar-refractivity contribution in [3.8, 4) is 0 Å². The monoisotopic (exact) mass is 117 g/mol. The van der Waals surface area contributed by atoms with E-state index >= 15 is 0 Å². The van der Waals surface area contributed by atoms with E-state index in [-0.39, 0.29) is 0 Å². The minimum absolute atomic E-state index is 0.309. The second-order valence-corrected chi connectivity index (χ2v) is 2.04. The summed E-state index contributed by atoms with van der Waals surface area (Å²) in [5.74, 6) is 0. The fourth-order valence-corrected chi connectivity index (χ4v) is 0.854. The van der Waals surface area contributed by atoms with Gasteiger partial charge in [-0.2, -0.15) is 0 Å². The molecule has 3 heteroatoms. The lowest BCUT2D eigenvalue weighted by Gasteiger charge is -2.18. The van der Waals surface area contributed by atoms with Crippen LogP contribution in [0.1, 0.15) is 0 Å². The quantitative estimate of drug-likeness (QED) is 0.413. The van der Waals surface area contributed by atoms with Gasteiger partial charge in [0, 0.05) is 6.54 Å². The topological polar surface area (TPSA) is 51.9 Å². The van der Waals surface area contributed by atoms with Gasteiger partial charge in [-0.1, -0.05) is 0 Å². The highest BCUT2D eigenvalue weighted by Gasteiger charge is 2.12. The molecule has 0 spiro atoms. The van der Waals surface area contributed by atoms with Gasteiger partial charge >= 0.3 is 0 Å². The van der Waals surface area contributed by atoms with E-state index in [1.807, 2.05) is 0 Å². The first-order valence-electron chi connectivity index (χ1n) is 3.07. The van der Waals surface area contributed by atoms with Crippen molar-refractivity contribution in [1.82, 2.24) is 0 Å². The number of ether oxygens (including phenoxy) is 1. The van der Waals surface area contributed by atoms with Gasteiger partial charge in [0.2, 0.25) is 0 Å². The molecule has 0 radical (unpaired) electrons. The molecule has 1 heterocycles. The molecular formula is C5H13N2O+. The molecule has 48 valence electrons. The Morgan fingerprint density at radius 2 is 2.62 bits per heavy atom. The predicted molar refractivity (Wildman–Crippen MR) is 30.5 cm³/mol. The maximum absolute atomic E-state index is 5.36. The van der Waals surface area contributed by atoms with Crippen molar-refractivity contribution in [3.63, 3.8) is 0 Å². The molecular weight excluding hydrogens is 104 g/mol. The third-order valence-electron chi connectivity index (χ3n) is 1.37. The molecule has 4 N–H and O–H groups in total. The Balaban J connectivity index is 2.13. The largest absolute Gasteiger partial charge is 0.365 e. The van der Waals surface area contributed by atoms with Crippen molar-refractivity contribution in [2.75, 3.05) is 26.2 Å². The molecule has 1 fully saturated rings. The summed E-state index contributed by atoms with van der Waals surface area (Å²) in [6, 6.07) is 0. The van der Waals surface area contributed by atoms with Gasteiger partial charge in [0.15, 0.2) is 0 Å². The standard InChI is InChI=1S/C5H12N2O/c6-3-5-4-7-1-2-8-5/h5,7H,1-4,6H2/p+1. The predicted octanol–water partition coefficient (Wildman–Crippen LogP) is -2.09. The number of rotatable bonds is 1. The molecule has 0 aliphatic carbocycles. The van der Waals surface area contributed by atoms with E-state index in [4.69, 9.17) is 10.5 Å². The highest BCUT2D eigenvalue weighted by Crippen LogP contribution is 1.86. The Morgan fingerprint density at radius 3 is 3.00 bits per heavy atom. The van der Waals surface area contributed by atoms with Gasteiger partial charge in [-0.05, 0) is 0 Å². The van der Waals surface area contributed by atoms with Crippen LogP contribution in [0.15, 0.2) is 0 Å². The number of quaternary nitrogens is 1. The lowest BCUT2D eigenvalue weighted by atomic mass is 10.3. The minimum atomic E-state index is 0.309. The maximum Gasteiger partial charge on any atom is 0.119 e. The molecule has 0 aromatic rings. The van der Waals surface area contributed by atoms with E-state index in [0.29, 0.717) is 12.6 Å². The van der Waals surface area contributed by atoms with Crippen molar-refractivity contribution < 1.29 is 10.1 Å². The van der Waals surface area contributed by atoms with Gasteiger partial charge in [-0.25, -0.2) is 0 Å². The first-order chi connectivity index (χ1) is 3.93. The Hall–Kier alpha value is -0.120. The van der Waals surface area contributed by atoms with Crippen LogP contribution in [0.5, 0.6) is 0 Å². The Kier molecular flexibility index (Phi) is 2.27. The Bertz CT molecular complexity index is 61.4. The smallest absolute Gasteiger partial charge is 0.119 e. The molecule has 1 aliphatic rings. The molecule has 8 heavy (non-hydrogen) atoms. The lowest BCUT2D eigenvalue weighted by Crippen LogP contribution is -2.90. The number of morpholine rings is 1. The summed E-state index contributed by atoms with van der Waals surface area (Å²) in [4.78, 5) is 0. The molecule has 1 rings (SSSR count). The average Bonchev–Trinajstić information content (AvgIpc) is 1.90. The van der Waals surface area contributed by atoms with Gasteiger partial charge < -0.3 is 15.8 Å². The summed E-state index contributed by atoms with van der Waals surface area (Å²) in [5.41, 5.74) is 5.36. The summed E-state index contributed by atoms with van der Waals surface area (Å²) in [7, 11) is 0. The molecule has 0 aromatic carbocycles. The Morgan fingerprint density at radius 1 is 1.75 bits per heavy atom. The van der Waals surface area contributed by atoms with E-state index in [1.165, 1.54) is 0 Å². The van der Waals surface area contributed by atoms with Crippen molar-refractivity contribution in [1.29, 1.82) is 0 Å². The van der Waals surface area contributed by atoms with Crippen LogP contribution in [0.25, 0.3) is 0 Å². The molecule has 1 atom stereocenters. The maximum atomic E-state index is 5.36. The van der Waals surface area contributed by atoms with Gasteiger partial charge in [0.1, 0.15) is 12.6 Å². The van der Waals surface area contributed by atoms with Crippen LogP contribution in [-0.2, 0) is 4.74 Å². The van der Waals surface area contributed by atoms with Crippen LogP contribution in [-0.4, -0.2) is 32.3 Å². The van der Waals surface area contributed by atoms with Crippen LogP contribution in [0.2, 0.25) is 0 Å². The van der Waals surface area contributed by atoms with Crippen LogP contribution in [0, 0.1) is 0 Å². The van der Waals surface area contributed by atoms with E-state index < -0.39 is 0 Å². The fourth-order valence-electron chi connectivity index (χ4n) is 0.854. The lowest BCUT2D eigenvalue weighted by molar-refractivity contribution is -0.676. The van der Waals surface area contributed by atoms with E-state index in [2.05, 4.69) is 5.32 Å². The number of hydrogen-bond donors (Lipinski definition) is 2. The molecule has 0 amide bonds. The first kappa shape index (κ1) is 6.01. The molecule has 0 saturated carbocycles. The summed E-state index contributed by atoms with van der Waals surface area (Å²) >= 11 is 0. The van der Waals surface area contributed by atoms with Gasteiger partial charge in [0.25, 0.3) is 0 Å². The number of hydrogen-bond acceptors (Lipinski definition) is 2. The summed E-state index contributed by atoms with van der Waals surface area (Å²) < 4.78 is 5.27. The molecule has 1 aliphatic heterocycles. The van der Waals surface area contributed by atoms with Crippen LogP contribution < -0.4 is 11.1 Å². The van der Waals surface area contributed by atoms with Crippen LogP contribution in [0.3, 0.4) is 0 Å². The van der Waals surface area contributed by atoms with Gasteiger partial charge in [0.05, 0.1) is 13.2 Å². The second kappa shape index (κ2) is 3.02. The molecule has 0 aromatic heterocycles. The molecule has 3 nitrogen and oxygen atoms in total. The molecule has 1 unspecified atom stereocenters. The minimum Gasteiger partial charge on any atom is -0.365 e.